The fourth-order valence-electron chi connectivity index (χ4n) is 3.24. The number of benzene rings is 3. The van der Waals surface area contributed by atoms with Crippen LogP contribution in [0.15, 0.2) is 95.9 Å². The second-order valence-corrected chi connectivity index (χ2v) is 9.34. The van der Waals surface area contributed by atoms with Crippen LogP contribution in [0.1, 0.15) is 21.5 Å². The molecule has 0 radical (unpaired) electrons. The highest BCUT2D eigenvalue weighted by Crippen LogP contribution is 2.27. The van der Waals surface area contributed by atoms with Gasteiger partial charge in [-0.1, -0.05) is 48.0 Å². The maximum Gasteiger partial charge on any atom is 0.340 e. The maximum atomic E-state index is 12.8. The van der Waals surface area contributed by atoms with Crippen molar-refractivity contribution < 1.29 is 27.1 Å². The fourth-order valence-corrected chi connectivity index (χ4v) is 4.12. The van der Waals surface area contributed by atoms with E-state index >= 15 is 0 Å². The van der Waals surface area contributed by atoms with Gasteiger partial charge in [-0.2, -0.15) is 8.42 Å². The number of aryl methyl sites for hydroxylation is 1. The van der Waals surface area contributed by atoms with Crippen LogP contribution in [0, 0.1) is 17.0 Å². The van der Waals surface area contributed by atoms with E-state index in [-0.39, 0.29) is 34.3 Å². The number of nitrogens with zero attached hydrogens (tertiary/aromatic N) is 2. The van der Waals surface area contributed by atoms with Gasteiger partial charge in [0.05, 0.1) is 16.2 Å². The lowest BCUT2D eigenvalue weighted by molar-refractivity contribution is -0.384. The van der Waals surface area contributed by atoms with Crippen LogP contribution < -0.4 is 4.18 Å². The lowest BCUT2D eigenvalue weighted by Gasteiger charge is -2.11. The van der Waals surface area contributed by atoms with E-state index in [0.29, 0.717) is 5.56 Å². The molecule has 0 saturated carbocycles. The van der Waals surface area contributed by atoms with Crippen LogP contribution in [0.3, 0.4) is 0 Å². The van der Waals surface area contributed by atoms with Crippen LogP contribution in [0.2, 0.25) is 0 Å². The lowest BCUT2D eigenvalue weighted by Crippen LogP contribution is -2.12. The average Bonchev–Trinajstić information content (AvgIpc) is 2.87. The Kier molecular flexibility index (Phi) is 7.07. The third kappa shape index (κ3) is 5.91. The Morgan fingerprint density at radius 2 is 1.61 bits per heavy atom. The van der Waals surface area contributed by atoms with E-state index in [1.54, 1.807) is 24.3 Å². The summed E-state index contributed by atoms with van der Waals surface area (Å²) in [5.41, 5.74) is 2.10. The summed E-state index contributed by atoms with van der Waals surface area (Å²) in [7, 11) is -4.25. The summed E-state index contributed by atoms with van der Waals surface area (Å²) in [5, 5.41) is 11.0. The molecule has 0 spiro atoms. The van der Waals surface area contributed by atoms with Crippen LogP contribution in [-0.2, 0) is 21.5 Å². The van der Waals surface area contributed by atoms with Gasteiger partial charge < -0.3 is 8.92 Å². The molecule has 1 heterocycles. The molecule has 9 nitrogen and oxygen atoms in total. The summed E-state index contributed by atoms with van der Waals surface area (Å²) in [6.07, 6.45) is 0. The molecule has 36 heavy (non-hydrogen) atoms. The van der Waals surface area contributed by atoms with Crippen LogP contribution >= 0.6 is 0 Å². The number of esters is 1. The molecule has 0 N–H and O–H groups in total. The number of nitro benzene ring substituents is 1. The Balaban J connectivity index is 1.68. The molecule has 4 aromatic rings. The van der Waals surface area contributed by atoms with Gasteiger partial charge >= 0.3 is 16.1 Å². The summed E-state index contributed by atoms with van der Waals surface area (Å²) in [5.74, 6) is -1.07. The zero-order chi connectivity index (χ0) is 25.7. The molecule has 0 saturated heterocycles. The molecule has 1 aromatic heterocycles. The van der Waals surface area contributed by atoms with Crippen LogP contribution in [0.5, 0.6) is 5.88 Å². The molecule has 0 bridgehead atoms. The molecule has 0 unspecified atom stereocenters. The molecule has 182 valence electrons. The minimum absolute atomic E-state index is 0.00314. The number of aromatic nitrogens is 1. The first kappa shape index (κ1) is 24.6. The Morgan fingerprint density at radius 1 is 0.944 bits per heavy atom. The standard InChI is InChI=1S/C26H20N2O7S/c1-18-7-13-23(14-8-18)36(32,33)35-25-16-21(26(29)34-17-19-5-3-2-4-6-19)15-24(27-25)20-9-11-22(12-10-20)28(30)31/h2-16H,17H2,1H3. The highest BCUT2D eigenvalue weighted by Gasteiger charge is 2.21. The number of carbonyl (C=O) groups excluding carboxylic acids is 1. The summed E-state index contributed by atoms with van der Waals surface area (Å²) >= 11 is 0. The number of carbonyl (C=O) groups is 1. The highest BCUT2D eigenvalue weighted by atomic mass is 32.2. The van der Waals surface area contributed by atoms with Gasteiger partial charge in [-0.05, 0) is 42.8 Å². The lowest BCUT2D eigenvalue weighted by atomic mass is 10.1. The average molecular weight is 505 g/mol. The van der Waals surface area contributed by atoms with Crippen molar-refractivity contribution in [3.63, 3.8) is 0 Å². The first-order valence-electron chi connectivity index (χ1n) is 10.7. The smallest absolute Gasteiger partial charge is 0.340 e. The largest absolute Gasteiger partial charge is 0.457 e. The van der Waals surface area contributed by atoms with Crippen molar-refractivity contribution in [2.45, 2.75) is 18.4 Å². The van der Waals surface area contributed by atoms with Gasteiger partial charge in [0.2, 0.25) is 5.88 Å². The predicted octanol–water partition coefficient (Wildman–Crippen LogP) is 5.09. The van der Waals surface area contributed by atoms with Crippen molar-refractivity contribution in [2.75, 3.05) is 0 Å². The Bertz CT molecular complexity index is 1500. The summed E-state index contributed by atoms with van der Waals surface area (Å²) in [6.45, 7) is 1.83. The number of pyridine rings is 1. The second-order valence-electron chi connectivity index (χ2n) is 7.80. The van der Waals surface area contributed by atoms with Gasteiger partial charge in [0.1, 0.15) is 11.5 Å². The zero-order valence-corrected chi connectivity index (χ0v) is 19.8. The quantitative estimate of drug-likeness (QED) is 0.141. The van der Waals surface area contributed by atoms with E-state index in [1.165, 1.54) is 48.5 Å². The zero-order valence-electron chi connectivity index (χ0n) is 19.0. The number of hydrogen-bond acceptors (Lipinski definition) is 8. The van der Waals surface area contributed by atoms with Gasteiger partial charge in [0.25, 0.3) is 5.69 Å². The van der Waals surface area contributed by atoms with E-state index in [9.17, 15) is 23.3 Å². The van der Waals surface area contributed by atoms with Gasteiger partial charge in [-0.3, -0.25) is 10.1 Å². The summed E-state index contributed by atoms with van der Waals surface area (Å²) in [4.78, 5) is 27.4. The maximum absolute atomic E-state index is 12.8. The molecule has 0 atom stereocenters. The first-order chi connectivity index (χ1) is 17.2. The van der Waals surface area contributed by atoms with Crippen molar-refractivity contribution >= 4 is 21.8 Å². The van der Waals surface area contributed by atoms with E-state index in [2.05, 4.69) is 4.98 Å². The van der Waals surface area contributed by atoms with Crippen molar-refractivity contribution in [1.82, 2.24) is 4.98 Å². The molecule has 0 aliphatic carbocycles. The predicted molar refractivity (Wildman–Crippen MR) is 131 cm³/mol. The minimum atomic E-state index is -4.25. The van der Waals surface area contributed by atoms with Gasteiger partial charge in [-0.25, -0.2) is 9.78 Å². The third-order valence-electron chi connectivity index (χ3n) is 5.13. The van der Waals surface area contributed by atoms with Crippen molar-refractivity contribution in [2.24, 2.45) is 0 Å². The topological polar surface area (TPSA) is 126 Å². The van der Waals surface area contributed by atoms with Crippen molar-refractivity contribution in [3.05, 3.63) is 118 Å². The Labute approximate surface area is 207 Å². The molecule has 0 aliphatic rings. The van der Waals surface area contributed by atoms with E-state index in [0.717, 1.165) is 11.1 Å². The van der Waals surface area contributed by atoms with E-state index in [4.69, 9.17) is 8.92 Å². The van der Waals surface area contributed by atoms with Crippen LogP contribution in [0.4, 0.5) is 5.69 Å². The summed E-state index contributed by atoms with van der Waals surface area (Å²) in [6, 6.07) is 23.1. The number of non-ortho nitro benzene ring substituents is 1. The fraction of sp³-hybridized carbons (Fsp3) is 0.0769. The van der Waals surface area contributed by atoms with Crippen LogP contribution in [0.25, 0.3) is 11.3 Å². The number of nitro groups is 1. The molecular weight excluding hydrogens is 484 g/mol. The SMILES string of the molecule is Cc1ccc(S(=O)(=O)Oc2cc(C(=O)OCc3ccccc3)cc(-c3ccc([N+](=O)[O-])cc3)n2)cc1. The summed E-state index contributed by atoms with van der Waals surface area (Å²) < 4.78 is 36.3. The molecule has 3 aromatic carbocycles. The molecule has 0 aliphatic heterocycles. The molecule has 0 amide bonds. The Hall–Kier alpha value is -4.57. The number of rotatable bonds is 8. The van der Waals surface area contributed by atoms with Gasteiger partial charge in [-0.15, -0.1) is 0 Å². The monoisotopic (exact) mass is 504 g/mol. The molecular formula is C26H20N2O7S. The van der Waals surface area contributed by atoms with E-state index in [1.807, 2.05) is 25.1 Å². The van der Waals surface area contributed by atoms with Crippen molar-refractivity contribution in [3.8, 4) is 17.1 Å². The highest BCUT2D eigenvalue weighted by molar-refractivity contribution is 7.87. The number of ether oxygens (including phenoxy) is 1. The minimum Gasteiger partial charge on any atom is -0.457 e. The second kappa shape index (κ2) is 10.4. The molecule has 10 heteroatoms. The van der Waals surface area contributed by atoms with E-state index < -0.39 is 21.0 Å². The molecule has 4 rings (SSSR count). The first-order valence-corrected chi connectivity index (χ1v) is 12.1. The Morgan fingerprint density at radius 3 is 2.25 bits per heavy atom. The van der Waals surface area contributed by atoms with Gasteiger partial charge in [0.15, 0.2) is 0 Å². The normalized spacial score (nSPS) is 11.0. The van der Waals surface area contributed by atoms with Gasteiger partial charge in [0, 0.05) is 23.8 Å². The van der Waals surface area contributed by atoms with Crippen LogP contribution in [-0.4, -0.2) is 24.3 Å². The number of hydrogen-bond donors (Lipinski definition) is 0. The molecule has 0 fully saturated rings. The van der Waals surface area contributed by atoms with Crippen molar-refractivity contribution in [1.29, 1.82) is 0 Å². The third-order valence-corrected chi connectivity index (χ3v) is 6.37.